The van der Waals surface area contributed by atoms with Crippen LogP contribution in [0.5, 0.6) is 0 Å². The molecule has 2 fully saturated rings. The molecule has 1 heterocycles. The highest BCUT2D eigenvalue weighted by atomic mass is 16.5. The van der Waals surface area contributed by atoms with Crippen molar-refractivity contribution < 1.29 is 9.53 Å². The van der Waals surface area contributed by atoms with Crippen LogP contribution >= 0.6 is 0 Å². The van der Waals surface area contributed by atoms with E-state index in [-0.39, 0.29) is 11.9 Å². The third kappa shape index (κ3) is 3.81. The number of anilines is 1. The van der Waals surface area contributed by atoms with Gasteiger partial charge in [-0.15, -0.1) is 0 Å². The van der Waals surface area contributed by atoms with Crippen LogP contribution in [0.3, 0.4) is 0 Å². The van der Waals surface area contributed by atoms with Gasteiger partial charge in [-0.1, -0.05) is 12.1 Å². The van der Waals surface area contributed by atoms with Gasteiger partial charge in [0.2, 0.25) is 5.91 Å². The molecule has 1 saturated heterocycles. The second-order valence-corrected chi connectivity index (χ2v) is 5.80. The van der Waals surface area contributed by atoms with E-state index in [0.717, 1.165) is 43.2 Å². The monoisotopic (exact) mass is 274 g/mol. The average Bonchev–Trinajstić information content (AvgIpc) is 3.10. The summed E-state index contributed by atoms with van der Waals surface area (Å²) in [7, 11) is 0. The normalized spacial score (nSPS) is 21.9. The van der Waals surface area contributed by atoms with Gasteiger partial charge in [0.05, 0.1) is 12.6 Å². The molecule has 1 aromatic rings. The van der Waals surface area contributed by atoms with Crippen LogP contribution in [0, 0.1) is 5.92 Å². The van der Waals surface area contributed by atoms with Crippen LogP contribution in [0.2, 0.25) is 0 Å². The molecule has 0 radical (unpaired) electrons. The van der Waals surface area contributed by atoms with E-state index in [1.165, 1.54) is 12.8 Å². The van der Waals surface area contributed by atoms with Crippen molar-refractivity contribution in [1.29, 1.82) is 0 Å². The Bertz CT molecular complexity index is 465. The molecule has 1 atom stereocenters. The Morgan fingerprint density at radius 3 is 3.00 bits per heavy atom. The first-order valence-corrected chi connectivity index (χ1v) is 7.52. The van der Waals surface area contributed by atoms with Crippen molar-refractivity contribution in [3.63, 3.8) is 0 Å². The van der Waals surface area contributed by atoms with E-state index >= 15 is 0 Å². The SMILES string of the molecule is O=C(Nc1cccc(COCC2CC2)c1)C1CCCN1. The van der Waals surface area contributed by atoms with Crippen LogP contribution in [0.4, 0.5) is 5.69 Å². The molecule has 1 unspecified atom stereocenters. The van der Waals surface area contributed by atoms with E-state index in [4.69, 9.17) is 4.74 Å². The maximum atomic E-state index is 12.0. The summed E-state index contributed by atoms with van der Waals surface area (Å²) in [5.41, 5.74) is 1.97. The predicted molar refractivity (Wildman–Crippen MR) is 78.5 cm³/mol. The molecule has 0 bridgehead atoms. The molecule has 1 aliphatic heterocycles. The topological polar surface area (TPSA) is 50.4 Å². The van der Waals surface area contributed by atoms with E-state index in [1.807, 2.05) is 24.3 Å². The zero-order valence-corrected chi connectivity index (χ0v) is 11.7. The number of amides is 1. The minimum atomic E-state index is -0.0372. The van der Waals surface area contributed by atoms with Gasteiger partial charge in [-0.05, 0) is 55.8 Å². The molecule has 2 aliphatic rings. The van der Waals surface area contributed by atoms with Gasteiger partial charge in [-0.3, -0.25) is 4.79 Å². The lowest BCUT2D eigenvalue weighted by molar-refractivity contribution is -0.117. The Kier molecular flexibility index (Phi) is 4.33. The number of ether oxygens (including phenoxy) is 1. The summed E-state index contributed by atoms with van der Waals surface area (Å²) in [5.74, 6) is 0.852. The van der Waals surface area contributed by atoms with E-state index in [0.29, 0.717) is 6.61 Å². The van der Waals surface area contributed by atoms with Gasteiger partial charge in [0.1, 0.15) is 0 Å². The number of rotatable bonds is 6. The molecule has 4 heteroatoms. The molecule has 1 aliphatic carbocycles. The Morgan fingerprint density at radius 1 is 1.35 bits per heavy atom. The molecule has 1 saturated carbocycles. The highest BCUT2D eigenvalue weighted by molar-refractivity contribution is 5.95. The fourth-order valence-corrected chi connectivity index (χ4v) is 2.50. The Hall–Kier alpha value is -1.39. The Labute approximate surface area is 119 Å². The zero-order valence-electron chi connectivity index (χ0n) is 11.7. The second-order valence-electron chi connectivity index (χ2n) is 5.80. The lowest BCUT2D eigenvalue weighted by Crippen LogP contribution is -2.35. The molecule has 0 aromatic heterocycles. The number of carbonyl (C=O) groups is 1. The number of hydrogen-bond acceptors (Lipinski definition) is 3. The van der Waals surface area contributed by atoms with E-state index in [2.05, 4.69) is 10.6 Å². The quantitative estimate of drug-likeness (QED) is 0.837. The molecule has 1 amide bonds. The van der Waals surface area contributed by atoms with Gasteiger partial charge >= 0.3 is 0 Å². The lowest BCUT2D eigenvalue weighted by Gasteiger charge is -2.12. The summed E-state index contributed by atoms with van der Waals surface area (Å²) in [4.78, 5) is 12.0. The van der Waals surface area contributed by atoms with Gasteiger partial charge in [0, 0.05) is 12.3 Å². The number of carbonyl (C=O) groups excluding carboxylic acids is 1. The molecule has 108 valence electrons. The summed E-state index contributed by atoms with van der Waals surface area (Å²) in [6.45, 7) is 2.43. The minimum absolute atomic E-state index is 0.0372. The molecule has 20 heavy (non-hydrogen) atoms. The Morgan fingerprint density at radius 2 is 2.25 bits per heavy atom. The minimum Gasteiger partial charge on any atom is -0.376 e. The molecule has 3 rings (SSSR count). The van der Waals surface area contributed by atoms with E-state index in [9.17, 15) is 4.79 Å². The lowest BCUT2D eigenvalue weighted by atomic mass is 10.2. The van der Waals surface area contributed by atoms with Crippen molar-refractivity contribution in [2.75, 3.05) is 18.5 Å². The number of benzene rings is 1. The average molecular weight is 274 g/mol. The van der Waals surface area contributed by atoms with Crippen molar-refractivity contribution in [1.82, 2.24) is 5.32 Å². The molecule has 2 N–H and O–H groups in total. The number of hydrogen-bond donors (Lipinski definition) is 2. The van der Waals surface area contributed by atoms with Gasteiger partial charge < -0.3 is 15.4 Å². The summed E-state index contributed by atoms with van der Waals surface area (Å²) in [6.07, 6.45) is 4.62. The van der Waals surface area contributed by atoms with E-state index in [1.54, 1.807) is 0 Å². The van der Waals surface area contributed by atoms with Crippen molar-refractivity contribution in [2.24, 2.45) is 5.92 Å². The molecular weight excluding hydrogens is 252 g/mol. The van der Waals surface area contributed by atoms with Gasteiger partial charge in [0.25, 0.3) is 0 Å². The van der Waals surface area contributed by atoms with Crippen molar-refractivity contribution in [3.05, 3.63) is 29.8 Å². The summed E-state index contributed by atoms with van der Waals surface area (Å²) < 4.78 is 5.68. The Balaban J connectivity index is 1.51. The summed E-state index contributed by atoms with van der Waals surface area (Å²) >= 11 is 0. The zero-order chi connectivity index (χ0) is 13.8. The standard InChI is InChI=1S/C16H22N2O2/c19-16(15-5-2-8-17-15)18-14-4-1-3-13(9-14)11-20-10-12-6-7-12/h1,3-4,9,12,15,17H,2,5-8,10-11H2,(H,18,19). The predicted octanol–water partition coefficient (Wildman–Crippen LogP) is 2.30. The third-order valence-electron chi connectivity index (χ3n) is 3.89. The third-order valence-corrected chi connectivity index (χ3v) is 3.89. The smallest absolute Gasteiger partial charge is 0.241 e. The van der Waals surface area contributed by atoms with Crippen LogP contribution in [0.1, 0.15) is 31.2 Å². The largest absolute Gasteiger partial charge is 0.376 e. The van der Waals surface area contributed by atoms with Crippen LogP contribution in [-0.4, -0.2) is 25.1 Å². The van der Waals surface area contributed by atoms with Gasteiger partial charge in [-0.25, -0.2) is 0 Å². The fourth-order valence-electron chi connectivity index (χ4n) is 2.50. The first kappa shape index (κ1) is 13.6. The molecular formula is C16H22N2O2. The van der Waals surface area contributed by atoms with Crippen LogP contribution in [0.15, 0.2) is 24.3 Å². The van der Waals surface area contributed by atoms with Crippen LogP contribution in [0.25, 0.3) is 0 Å². The maximum absolute atomic E-state index is 12.0. The molecule has 0 spiro atoms. The highest BCUT2D eigenvalue weighted by Crippen LogP contribution is 2.29. The second kappa shape index (κ2) is 6.37. The maximum Gasteiger partial charge on any atom is 0.241 e. The van der Waals surface area contributed by atoms with Gasteiger partial charge in [-0.2, -0.15) is 0 Å². The van der Waals surface area contributed by atoms with Crippen molar-refractivity contribution >= 4 is 11.6 Å². The number of nitrogens with one attached hydrogen (secondary N) is 2. The van der Waals surface area contributed by atoms with Crippen LogP contribution < -0.4 is 10.6 Å². The van der Waals surface area contributed by atoms with E-state index < -0.39 is 0 Å². The first-order chi connectivity index (χ1) is 9.81. The van der Waals surface area contributed by atoms with Crippen LogP contribution in [-0.2, 0) is 16.1 Å². The van der Waals surface area contributed by atoms with Crippen molar-refractivity contribution in [2.45, 2.75) is 38.3 Å². The van der Waals surface area contributed by atoms with Gasteiger partial charge in [0.15, 0.2) is 0 Å². The molecule has 4 nitrogen and oxygen atoms in total. The summed E-state index contributed by atoms with van der Waals surface area (Å²) in [6, 6.07) is 7.89. The van der Waals surface area contributed by atoms with Crippen molar-refractivity contribution in [3.8, 4) is 0 Å². The molecule has 1 aromatic carbocycles. The highest BCUT2D eigenvalue weighted by Gasteiger charge is 2.22. The first-order valence-electron chi connectivity index (χ1n) is 7.52. The fraction of sp³-hybridized carbons (Fsp3) is 0.562. The summed E-state index contributed by atoms with van der Waals surface area (Å²) in [5, 5.41) is 6.19.